The third-order valence-electron chi connectivity index (χ3n) is 3.25. The van der Waals surface area contributed by atoms with E-state index < -0.39 is 5.97 Å². The van der Waals surface area contributed by atoms with Gasteiger partial charge in [-0.2, -0.15) is 0 Å². The fourth-order valence-electron chi connectivity index (χ4n) is 2.21. The van der Waals surface area contributed by atoms with E-state index in [1.807, 2.05) is 12.1 Å². The summed E-state index contributed by atoms with van der Waals surface area (Å²) in [7, 11) is 4.15. The van der Waals surface area contributed by atoms with Crippen molar-refractivity contribution in [2.75, 3.05) is 27.2 Å². The minimum Gasteiger partial charge on any atom is -0.478 e. The van der Waals surface area contributed by atoms with Crippen molar-refractivity contribution in [3.8, 4) is 0 Å². The largest absolute Gasteiger partial charge is 0.478 e. The lowest BCUT2D eigenvalue weighted by Gasteiger charge is -2.30. The molecule has 0 aliphatic rings. The summed E-state index contributed by atoms with van der Waals surface area (Å²) >= 11 is 0. The number of carboxylic acids is 1. The van der Waals surface area contributed by atoms with Gasteiger partial charge >= 0.3 is 5.97 Å². The van der Waals surface area contributed by atoms with Crippen molar-refractivity contribution in [1.29, 1.82) is 0 Å². The van der Waals surface area contributed by atoms with E-state index in [9.17, 15) is 4.79 Å². The van der Waals surface area contributed by atoms with E-state index in [0.717, 1.165) is 25.2 Å². The van der Waals surface area contributed by atoms with E-state index in [0.29, 0.717) is 11.6 Å². The fraction of sp³-hybridized carbons (Fsp3) is 0.533. The average Bonchev–Trinajstić information content (AvgIpc) is 2.35. The molecule has 1 unspecified atom stereocenters. The van der Waals surface area contributed by atoms with E-state index in [2.05, 4.69) is 37.7 Å². The molecule has 0 spiro atoms. The molecule has 0 heterocycles. The first-order chi connectivity index (χ1) is 8.93. The number of aromatic carboxylic acids is 1. The van der Waals surface area contributed by atoms with Crippen molar-refractivity contribution < 1.29 is 9.90 Å². The highest BCUT2D eigenvalue weighted by molar-refractivity contribution is 5.87. The van der Waals surface area contributed by atoms with Crippen LogP contribution in [0, 0.1) is 0 Å². The first-order valence-electron chi connectivity index (χ1n) is 6.65. The van der Waals surface area contributed by atoms with Gasteiger partial charge in [-0.3, -0.25) is 4.90 Å². The van der Waals surface area contributed by atoms with E-state index >= 15 is 0 Å². The van der Waals surface area contributed by atoms with Crippen LogP contribution in [0.15, 0.2) is 24.3 Å². The van der Waals surface area contributed by atoms with Crippen molar-refractivity contribution in [1.82, 2.24) is 9.80 Å². The Labute approximate surface area is 115 Å². The smallest absolute Gasteiger partial charge is 0.335 e. The van der Waals surface area contributed by atoms with Crippen molar-refractivity contribution in [3.05, 3.63) is 35.4 Å². The third kappa shape index (κ3) is 5.01. The lowest BCUT2D eigenvalue weighted by Crippen LogP contribution is -2.39. The van der Waals surface area contributed by atoms with Gasteiger partial charge in [-0.05, 0) is 45.3 Å². The van der Waals surface area contributed by atoms with Crippen LogP contribution in [0.3, 0.4) is 0 Å². The molecule has 0 bridgehead atoms. The lowest BCUT2D eigenvalue weighted by molar-refractivity contribution is 0.0697. The van der Waals surface area contributed by atoms with Crippen LogP contribution < -0.4 is 0 Å². The first-order valence-corrected chi connectivity index (χ1v) is 6.65. The highest BCUT2D eigenvalue weighted by atomic mass is 16.4. The second kappa shape index (κ2) is 7.26. The van der Waals surface area contributed by atoms with Gasteiger partial charge in [0.2, 0.25) is 0 Å². The maximum absolute atomic E-state index is 10.8. The van der Waals surface area contributed by atoms with Crippen LogP contribution in [-0.4, -0.2) is 54.1 Å². The molecule has 0 amide bonds. The summed E-state index contributed by atoms with van der Waals surface area (Å²) in [6, 6.07) is 7.60. The predicted octanol–water partition coefficient (Wildman–Crippen LogP) is 2.16. The molecule has 0 saturated carbocycles. The van der Waals surface area contributed by atoms with E-state index in [1.165, 1.54) is 0 Å². The van der Waals surface area contributed by atoms with Crippen molar-refractivity contribution in [3.63, 3.8) is 0 Å². The molecule has 1 N–H and O–H groups in total. The Bertz CT molecular complexity index is 401. The molecule has 4 nitrogen and oxygen atoms in total. The first kappa shape index (κ1) is 15.7. The summed E-state index contributed by atoms with van der Waals surface area (Å²) in [5.41, 5.74) is 1.49. The van der Waals surface area contributed by atoms with Gasteiger partial charge in [-0.25, -0.2) is 4.79 Å². The van der Waals surface area contributed by atoms with Crippen LogP contribution in [0.25, 0.3) is 0 Å². The minimum absolute atomic E-state index is 0.341. The summed E-state index contributed by atoms with van der Waals surface area (Å²) in [6.45, 7) is 7.22. The van der Waals surface area contributed by atoms with Gasteiger partial charge in [0, 0.05) is 19.1 Å². The molecule has 0 aliphatic carbocycles. The highest BCUT2D eigenvalue weighted by Gasteiger charge is 2.13. The molecule has 1 aromatic rings. The number of nitrogens with zero attached hydrogens (tertiary/aromatic N) is 2. The number of carbonyl (C=O) groups is 1. The third-order valence-corrected chi connectivity index (χ3v) is 3.25. The number of likely N-dealkylation sites (N-methyl/N-ethyl adjacent to an activating group) is 2. The lowest BCUT2D eigenvalue weighted by atomic mass is 10.1. The number of carboxylic acid groups (broad SMARTS) is 1. The Morgan fingerprint density at radius 3 is 2.26 bits per heavy atom. The molecule has 1 aromatic carbocycles. The molecule has 1 rings (SSSR count). The van der Waals surface area contributed by atoms with Gasteiger partial charge in [0.25, 0.3) is 0 Å². The molecule has 1 atom stereocenters. The predicted molar refractivity (Wildman–Crippen MR) is 77.5 cm³/mol. The van der Waals surface area contributed by atoms with E-state index in [4.69, 9.17) is 5.11 Å². The zero-order chi connectivity index (χ0) is 14.4. The quantitative estimate of drug-likeness (QED) is 0.819. The molecular weight excluding hydrogens is 240 g/mol. The van der Waals surface area contributed by atoms with Gasteiger partial charge in [0.15, 0.2) is 0 Å². The van der Waals surface area contributed by atoms with E-state index in [-0.39, 0.29) is 0 Å². The molecule has 0 fully saturated rings. The summed E-state index contributed by atoms with van der Waals surface area (Å²) in [4.78, 5) is 15.4. The second-order valence-electron chi connectivity index (χ2n) is 5.18. The molecule has 19 heavy (non-hydrogen) atoms. The minimum atomic E-state index is -0.875. The zero-order valence-corrected chi connectivity index (χ0v) is 12.3. The summed E-state index contributed by atoms with van der Waals surface area (Å²) in [5.74, 6) is -0.875. The van der Waals surface area contributed by atoms with Crippen molar-refractivity contribution in [2.24, 2.45) is 0 Å². The topological polar surface area (TPSA) is 43.8 Å². The molecule has 0 aromatic heterocycles. The molecule has 4 heteroatoms. The Morgan fingerprint density at radius 1 is 1.26 bits per heavy atom. The molecule has 0 saturated heterocycles. The SMILES string of the molecule is CCN(Cc1ccc(C(=O)O)cc1)C(C)CN(C)C. The number of hydrogen-bond acceptors (Lipinski definition) is 3. The van der Waals surface area contributed by atoms with Gasteiger partial charge in [0.1, 0.15) is 0 Å². The molecule has 0 radical (unpaired) electrons. The monoisotopic (exact) mass is 264 g/mol. The highest BCUT2D eigenvalue weighted by Crippen LogP contribution is 2.10. The van der Waals surface area contributed by atoms with Crippen molar-refractivity contribution in [2.45, 2.75) is 26.4 Å². The Kier molecular flexibility index (Phi) is 5.99. The number of hydrogen-bond donors (Lipinski definition) is 1. The maximum atomic E-state index is 10.8. The summed E-state index contributed by atoms with van der Waals surface area (Å²) in [6.07, 6.45) is 0. The Morgan fingerprint density at radius 2 is 1.84 bits per heavy atom. The van der Waals surface area contributed by atoms with Gasteiger partial charge in [-0.1, -0.05) is 19.1 Å². The second-order valence-corrected chi connectivity index (χ2v) is 5.18. The maximum Gasteiger partial charge on any atom is 0.335 e. The van der Waals surface area contributed by atoms with Gasteiger partial charge in [-0.15, -0.1) is 0 Å². The van der Waals surface area contributed by atoms with Crippen LogP contribution >= 0.6 is 0 Å². The van der Waals surface area contributed by atoms with Crippen LogP contribution in [0.1, 0.15) is 29.8 Å². The summed E-state index contributed by atoms with van der Waals surface area (Å²) < 4.78 is 0. The zero-order valence-electron chi connectivity index (χ0n) is 12.3. The molecular formula is C15H24N2O2. The van der Waals surface area contributed by atoms with Crippen LogP contribution in [0.5, 0.6) is 0 Å². The summed E-state index contributed by atoms with van der Waals surface area (Å²) in [5, 5.41) is 8.88. The Balaban J connectivity index is 2.67. The standard InChI is InChI=1S/C15H24N2O2/c1-5-17(12(2)10-16(3)4)11-13-6-8-14(9-7-13)15(18)19/h6-9,12H,5,10-11H2,1-4H3,(H,18,19). The Hall–Kier alpha value is -1.39. The van der Waals surface area contributed by atoms with Crippen LogP contribution in [0.4, 0.5) is 0 Å². The normalized spacial score (nSPS) is 12.9. The van der Waals surface area contributed by atoms with Gasteiger partial charge < -0.3 is 10.0 Å². The van der Waals surface area contributed by atoms with Crippen molar-refractivity contribution >= 4 is 5.97 Å². The molecule has 106 valence electrons. The van der Waals surface area contributed by atoms with Gasteiger partial charge in [0.05, 0.1) is 5.56 Å². The molecule has 0 aliphatic heterocycles. The van der Waals surface area contributed by atoms with Crippen LogP contribution in [0.2, 0.25) is 0 Å². The average molecular weight is 264 g/mol. The van der Waals surface area contributed by atoms with E-state index in [1.54, 1.807) is 12.1 Å². The number of rotatable bonds is 7. The fourth-order valence-corrected chi connectivity index (χ4v) is 2.21. The number of benzene rings is 1. The van der Waals surface area contributed by atoms with Crippen LogP contribution in [-0.2, 0) is 6.54 Å².